The molecule has 2 aliphatic rings. The molecule has 12 heteroatoms. The van der Waals surface area contributed by atoms with Gasteiger partial charge in [-0.1, -0.05) is 35.7 Å². The molecular formula is C31H43Cl2N5O4S. The van der Waals surface area contributed by atoms with Crippen LogP contribution < -0.4 is 5.14 Å². The number of nitrogens with two attached hydrogens (primary N) is 1. The van der Waals surface area contributed by atoms with Crippen LogP contribution in [0.3, 0.4) is 0 Å². The van der Waals surface area contributed by atoms with Gasteiger partial charge in [0, 0.05) is 52.3 Å². The number of carbonyl (C=O) groups is 2. The van der Waals surface area contributed by atoms with Crippen molar-refractivity contribution in [1.29, 1.82) is 0 Å². The lowest BCUT2D eigenvalue weighted by molar-refractivity contribution is -0.147. The van der Waals surface area contributed by atoms with Crippen LogP contribution >= 0.6 is 23.2 Å². The Morgan fingerprint density at radius 2 is 1.56 bits per heavy atom. The minimum atomic E-state index is -3.85. The number of carbonyl (C=O) groups excluding carboxylic acids is 2. The van der Waals surface area contributed by atoms with Crippen LogP contribution in [0.2, 0.25) is 10.0 Å². The third-order valence-corrected chi connectivity index (χ3v) is 10.6. The minimum Gasteiger partial charge on any atom is -0.347 e. The van der Waals surface area contributed by atoms with Gasteiger partial charge < -0.3 is 14.7 Å². The molecule has 0 spiro atoms. The highest BCUT2D eigenvalue weighted by Crippen LogP contribution is 2.34. The average molecular weight is 653 g/mol. The fraction of sp³-hybridized carbons (Fsp3) is 0.548. The summed E-state index contributed by atoms with van der Waals surface area (Å²) >= 11 is 12.6. The molecule has 236 valence electrons. The van der Waals surface area contributed by atoms with E-state index in [0.717, 1.165) is 70.4 Å². The molecule has 0 bridgehead atoms. The monoisotopic (exact) mass is 651 g/mol. The molecule has 0 saturated carbocycles. The number of halogens is 2. The molecule has 2 N–H and O–H groups in total. The van der Waals surface area contributed by atoms with Crippen molar-refractivity contribution in [3.05, 3.63) is 63.6 Å². The largest absolute Gasteiger partial charge is 0.347 e. The van der Waals surface area contributed by atoms with Gasteiger partial charge in [0.15, 0.2) is 0 Å². The number of benzene rings is 2. The summed E-state index contributed by atoms with van der Waals surface area (Å²) in [5.41, 5.74) is 0.925. The fourth-order valence-corrected chi connectivity index (χ4v) is 7.26. The molecule has 1 unspecified atom stereocenters. The molecule has 2 saturated heterocycles. The molecule has 43 heavy (non-hydrogen) atoms. The molecule has 0 aliphatic carbocycles. The van der Waals surface area contributed by atoms with Gasteiger partial charge in [0.2, 0.25) is 15.9 Å². The summed E-state index contributed by atoms with van der Waals surface area (Å²) in [6.07, 6.45) is 5.88. The van der Waals surface area contributed by atoms with Crippen molar-refractivity contribution in [3.63, 3.8) is 0 Å². The van der Waals surface area contributed by atoms with Gasteiger partial charge in [-0.3, -0.25) is 14.5 Å². The molecule has 1 atom stereocenters. The molecule has 2 fully saturated rings. The first-order valence-electron chi connectivity index (χ1n) is 14.8. The lowest BCUT2D eigenvalue weighted by Gasteiger charge is -2.50. The van der Waals surface area contributed by atoms with Crippen molar-refractivity contribution in [3.8, 4) is 0 Å². The normalized spacial score (nSPS) is 18.7. The van der Waals surface area contributed by atoms with Crippen molar-refractivity contribution >= 4 is 45.0 Å². The van der Waals surface area contributed by atoms with Gasteiger partial charge in [-0.25, -0.2) is 13.6 Å². The second-order valence-corrected chi connectivity index (χ2v) is 14.4. The first-order valence-corrected chi connectivity index (χ1v) is 17.1. The van der Waals surface area contributed by atoms with Gasteiger partial charge in [0.25, 0.3) is 5.91 Å². The summed E-state index contributed by atoms with van der Waals surface area (Å²) in [7, 11) is 1.60. The van der Waals surface area contributed by atoms with Crippen LogP contribution in [0.15, 0.2) is 47.4 Å². The topological polar surface area (TPSA) is 107 Å². The van der Waals surface area contributed by atoms with E-state index >= 15 is 0 Å². The molecule has 9 nitrogen and oxygen atoms in total. The van der Waals surface area contributed by atoms with Gasteiger partial charge in [0.05, 0.1) is 14.9 Å². The van der Waals surface area contributed by atoms with E-state index in [1.165, 1.54) is 30.7 Å². The smallest absolute Gasteiger partial charge is 0.253 e. The lowest BCUT2D eigenvalue weighted by Crippen LogP contribution is -2.64. The van der Waals surface area contributed by atoms with E-state index in [1.807, 2.05) is 26.2 Å². The Bertz CT molecular complexity index is 1390. The quantitative estimate of drug-likeness (QED) is 0.411. The van der Waals surface area contributed by atoms with Crippen molar-refractivity contribution in [1.82, 2.24) is 19.6 Å². The summed E-state index contributed by atoms with van der Waals surface area (Å²) in [6, 6.07) is 11.2. The van der Waals surface area contributed by atoms with Crippen LogP contribution in [0.1, 0.15) is 60.4 Å². The van der Waals surface area contributed by atoms with Crippen molar-refractivity contribution in [2.45, 2.75) is 54.9 Å². The van der Waals surface area contributed by atoms with E-state index in [4.69, 9.17) is 28.3 Å². The third kappa shape index (κ3) is 8.09. The average Bonchev–Trinajstić information content (AvgIpc) is 3.00. The molecule has 2 aromatic rings. The minimum absolute atomic E-state index is 0.0235. The number of primary sulfonamides is 1. The van der Waals surface area contributed by atoms with Crippen LogP contribution in [-0.2, 0) is 14.8 Å². The van der Waals surface area contributed by atoms with Crippen LogP contribution in [0.4, 0.5) is 0 Å². The molecule has 0 radical (unpaired) electrons. The summed E-state index contributed by atoms with van der Waals surface area (Å²) in [4.78, 5) is 35.0. The van der Waals surface area contributed by atoms with Gasteiger partial charge in [-0.05, 0) is 93.7 Å². The molecule has 2 aromatic carbocycles. The number of rotatable bonds is 10. The molecule has 2 amide bonds. The molecule has 0 aromatic heterocycles. The first kappa shape index (κ1) is 33.7. The van der Waals surface area contributed by atoms with Crippen LogP contribution in [-0.4, -0.2) is 106 Å². The summed E-state index contributed by atoms with van der Waals surface area (Å²) in [5.74, 6) is -0.0397. The van der Waals surface area contributed by atoms with Crippen molar-refractivity contribution < 1.29 is 18.0 Å². The zero-order valence-electron chi connectivity index (χ0n) is 25.3. The van der Waals surface area contributed by atoms with Gasteiger partial charge in [-0.2, -0.15) is 0 Å². The van der Waals surface area contributed by atoms with Crippen molar-refractivity contribution in [2.24, 2.45) is 5.14 Å². The SMILES string of the molecule is CN(C)C(=O)C1(N2CCCCC2)CCN(CCC(CN(C)C(=O)c2ccc(S(N)(=O)=O)cc2)c2ccc(Cl)c(Cl)c2)CC1. The van der Waals surface area contributed by atoms with Gasteiger partial charge in [-0.15, -0.1) is 0 Å². The summed E-state index contributed by atoms with van der Waals surface area (Å²) in [5, 5.41) is 6.14. The Labute approximate surface area is 265 Å². The maximum absolute atomic E-state index is 13.5. The zero-order valence-corrected chi connectivity index (χ0v) is 27.6. The van der Waals surface area contributed by atoms with E-state index in [2.05, 4.69) is 9.80 Å². The first-order chi connectivity index (χ1) is 20.3. The number of piperidine rings is 2. The molecular weight excluding hydrogens is 609 g/mol. The van der Waals surface area contributed by atoms with Crippen molar-refractivity contribution in [2.75, 3.05) is 60.4 Å². The molecule has 2 heterocycles. The van der Waals surface area contributed by atoms with Crippen LogP contribution in [0.5, 0.6) is 0 Å². The highest BCUT2D eigenvalue weighted by atomic mass is 35.5. The van der Waals surface area contributed by atoms with Gasteiger partial charge in [0.1, 0.15) is 5.54 Å². The number of amides is 2. The molecule has 4 rings (SSSR count). The van der Waals surface area contributed by atoms with Crippen LogP contribution in [0.25, 0.3) is 0 Å². The highest BCUT2D eigenvalue weighted by molar-refractivity contribution is 7.89. The Morgan fingerprint density at radius 1 is 0.930 bits per heavy atom. The molecule has 2 aliphatic heterocycles. The zero-order chi connectivity index (χ0) is 31.4. The van der Waals surface area contributed by atoms with E-state index in [1.54, 1.807) is 22.9 Å². The van der Waals surface area contributed by atoms with Crippen LogP contribution in [0, 0.1) is 0 Å². The maximum Gasteiger partial charge on any atom is 0.253 e. The summed E-state index contributed by atoms with van der Waals surface area (Å²) in [6.45, 7) is 4.85. The second-order valence-electron chi connectivity index (χ2n) is 12.0. The Kier molecular flexibility index (Phi) is 11.2. The number of sulfonamides is 1. The summed E-state index contributed by atoms with van der Waals surface area (Å²) < 4.78 is 23.2. The number of hydrogen-bond acceptors (Lipinski definition) is 6. The maximum atomic E-state index is 13.5. The number of nitrogens with zero attached hydrogens (tertiary/aromatic N) is 4. The number of likely N-dealkylation sites (tertiary alicyclic amines) is 2. The predicted molar refractivity (Wildman–Crippen MR) is 171 cm³/mol. The fourth-order valence-electron chi connectivity index (χ4n) is 6.44. The standard InChI is InChI=1S/C31H43Cl2N5O4S/c1-35(2)30(40)31(38-16-5-4-6-17-38)14-19-37(20-15-31)18-13-25(24-9-12-27(32)28(33)21-24)22-36(3)29(39)23-7-10-26(11-8-23)43(34,41)42/h7-12,21,25H,4-6,13-20,22H2,1-3H3,(H2,34,41,42). The van der Waals surface area contributed by atoms with E-state index in [0.29, 0.717) is 22.2 Å². The van der Waals surface area contributed by atoms with E-state index in [-0.39, 0.29) is 22.6 Å². The number of likely N-dealkylation sites (N-methyl/N-ethyl adjacent to an activating group) is 2. The van der Waals surface area contributed by atoms with E-state index in [9.17, 15) is 18.0 Å². The second kappa shape index (κ2) is 14.3. The highest BCUT2D eigenvalue weighted by Gasteiger charge is 2.47. The lowest BCUT2D eigenvalue weighted by atomic mass is 9.82. The Hall–Kier alpha value is -2.21. The third-order valence-electron chi connectivity index (χ3n) is 8.93. The number of hydrogen-bond donors (Lipinski definition) is 1. The van der Waals surface area contributed by atoms with E-state index < -0.39 is 15.6 Å². The Morgan fingerprint density at radius 3 is 2.12 bits per heavy atom. The Balaban J connectivity index is 1.46. The van der Waals surface area contributed by atoms with Gasteiger partial charge >= 0.3 is 0 Å². The predicted octanol–water partition coefficient (Wildman–Crippen LogP) is 4.30.